The Hall–Kier alpha value is -4.27. The molecule has 0 bridgehead atoms. The smallest absolute Gasteiger partial charge is 0.319 e. The van der Waals surface area contributed by atoms with Crippen molar-refractivity contribution in [1.29, 1.82) is 0 Å². The van der Waals surface area contributed by atoms with Gasteiger partial charge in [0.15, 0.2) is 5.82 Å². The van der Waals surface area contributed by atoms with Gasteiger partial charge in [-0.2, -0.15) is 9.97 Å². The molecule has 0 saturated carbocycles. The highest BCUT2D eigenvalue weighted by Crippen LogP contribution is 2.44. The molecule has 3 unspecified atom stereocenters. The molecule has 9 nitrogen and oxygen atoms in total. The zero-order valence-electron chi connectivity index (χ0n) is 23.7. The Labute approximate surface area is 247 Å². The van der Waals surface area contributed by atoms with Gasteiger partial charge in [0, 0.05) is 30.1 Å². The zero-order valence-corrected chi connectivity index (χ0v) is 23.7. The Morgan fingerprint density at radius 2 is 2.00 bits per heavy atom. The van der Waals surface area contributed by atoms with Crippen LogP contribution < -0.4 is 14.4 Å². The van der Waals surface area contributed by atoms with E-state index >= 15 is 4.39 Å². The fraction of sp³-hybridized carbons (Fsp3) is 0.406. The van der Waals surface area contributed by atoms with Gasteiger partial charge in [-0.3, -0.25) is 0 Å². The fourth-order valence-corrected chi connectivity index (χ4v) is 6.63. The van der Waals surface area contributed by atoms with E-state index in [1.807, 2.05) is 11.9 Å². The number of halogens is 2. The summed E-state index contributed by atoms with van der Waals surface area (Å²) in [5.74, 6) is 1.33. The SMILES string of the molecule is C#Cc1c(F)ccc2cc(O)cc(-c3nc4c5c(nc(OCC6CCCN6C)nc5c3F)N3CC(CO)CCC3CO4)c12. The molecule has 2 N–H and O–H groups in total. The maximum absolute atomic E-state index is 16.8. The number of nitrogens with zero attached hydrogens (tertiary/aromatic N) is 5. The summed E-state index contributed by atoms with van der Waals surface area (Å²) in [6.45, 7) is 2.10. The minimum Gasteiger partial charge on any atom is -0.508 e. The van der Waals surface area contributed by atoms with E-state index in [1.54, 1.807) is 0 Å². The molecule has 0 radical (unpaired) electrons. The molecule has 2 fully saturated rings. The largest absolute Gasteiger partial charge is 0.508 e. The number of piperidine rings is 1. The quantitative estimate of drug-likeness (QED) is 0.332. The van der Waals surface area contributed by atoms with Gasteiger partial charge in [0.1, 0.15) is 47.2 Å². The number of pyridine rings is 1. The zero-order chi connectivity index (χ0) is 29.8. The lowest BCUT2D eigenvalue weighted by Gasteiger charge is -2.38. The van der Waals surface area contributed by atoms with Gasteiger partial charge < -0.3 is 29.5 Å². The maximum Gasteiger partial charge on any atom is 0.319 e. The van der Waals surface area contributed by atoms with Crippen molar-refractivity contribution in [3.63, 3.8) is 0 Å². The first-order valence-corrected chi connectivity index (χ1v) is 14.5. The van der Waals surface area contributed by atoms with Crippen molar-refractivity contribution in [1.82, 2.24) is 19.9 Å². The lowest BCUT2D eigenvalue weighted by Crippen LogP contribution is -2.47. The van der Waals surface area contributed by atoms with Crippen LogP contribution in [0.25, 0.3) is 32.9 Å². The highest BCUT2D eigenvalue weighted by Gasteiger charge is 2.36. The van der Waals surface area contributed by atoms with Crippen LogP contribution in [-0.4, -0.2) is 82.1 Å². The first-order chi connectivity index (χ1) is 20.9. The summed E-state index contributed by atoms with van der Waals surface area (Å²) in [6, 6.07) is 5.56. The molecule has 3 aliphatic rings. The van der Waals surface area contributed by atoms with Gasteiger partial charge in [0.2, 0.25) is 5.88 Å². The number of rotatable bonds is 5. The number of hydrogen-bond donors (Lipinski definition) is 2. The average molecular weight is 588 g/mol. The third kappa shape index (κ3) is 4.65. The third-order valence-corrected chi connectivity index (χ3v) is 8.99. The number of likely N-dealkylation sites (tertiary alicyclic amines) is 1. The van der Waals surface area contributed by atoms with Crippen LogP contribution in [0.1, 0.15) is 31.2 Å². The lowest BCUT2D eigenvalue weighted by molar-refractivity contribution is 0.179. The van der Waals surface area contributed by atoms with Crippen molar-refractivity contribution in [2.24, 2.45) is 5.92 Å². The van der Waals surface area contributed by atoms with Crippen molar-refractivity contribution in [2.45, 2.75) is 37.8 Å². The van der Waals surface area contributed by atoms with Crippen LogP contribution in [0.3, 0.4) is 0 Å². The number of likely N-dealkylation sites (N-methyl/N-ethyl adjacent to an activating group) is 1. The number of terminal acetylenes is 1. The topological polar surface area (TPSA) is 104 Å². The van der Waals surface area contributed by atoms with Crippen LogP contribution in [0, 0.1) is 29.9 Å². The number of fused-ring (bicyclic) bond motifs is 3. The van der Waals surface area contributed by atoms with Crippen molar-refractivity contribution < 1.29 is 28.5 Å². The van der Waals surface area contributed by atoms with Crippen molar-refractivity contribution in [3.8, 4) is 41.2 Å². The van der Waals surface area contributed by atoms with Crippen molar-refractivity contribution in [2.75, 3.05) is 44.9 Å². The van der Waals surface area contributed by atoms with E-state index in [2.05, 4.69) is 20.8 Å². The maximum atomic E-state index is 16.8. The summed E-state index contributed by atoms with van der Waals surface area (Å²) >= 11 is 0. The molecule has 2 saturated heterocycles. The summed E-state index contributed by atoms with van der Waals surface area (Å²) in [6.07, 6.45) is 9.28. The Morgan fingerprint density at radius 1 is 1.14 bits per heavy atom. The Balaban J connectivity index is 1.46. The standard InChI is InChI=1S/C32H31F2N5O4/c1-3-22-24(33)9-7-18-11-21(41)12-23(25(18)22)28-27(34)29-26-30(37-32(36-29)43-15-19-5-4-10-38(19)2)39-13-17(14-40)6-8-20(39)16-42-31(26)35-28/h1,7,9,11-12,17,19-20,40-41H,4-6,8,10,13-16H2,2H3. The molecule has 0 amide bonds. The number of phenols is 1. The molecule has 11 heteroatoms. The van der Waals surface area contributed by atoms with Crippen LogP contribution in [-0.2, 0) is 0 Å². The molecule has 43 heavy (non-hydrogen) atoms. The van der Waals surface area contributed by atoms with Crippen LogP contribution in [0.4, 0.5) is 14.6 Å². The van der Waals surface area contributed by atoms with Gasteiger partial charge in [-0.05, 0) is 68.8 Å². The molecule has 3 aliphatic heterocycles. The van der Waals surface area contributed by atoms with Crippen LogP contribution in [0.5, 0.6) is 17.6 Å². The van der Waals surface area contributed by atoms with E-state index in [0.717, 1.165) is 32.2 Å². The summed E-state index contributed by atoms with van der Waals surface area (Å²) in [5.41, 5.74) is -0.216. The molecule has 5 heterocycles. The molecular weight excluding hydrogens is 556 g/mol. The monoisotopic (exact) mass is 587 g/mol. The average Bonchev–Trinajstić information content (AvgIpc) is 3.36. The molecule has 4 aromatic rings. The Kier molecular flexibility index (Phi) is 6.91. The highest BCUT2D eigenvalue weighted by atomic mass is 19.1. The second-order valence-electron chi connectivity index (χ2n) is 11.6. The van der Waals surface area contributed by atoms with Crippen LogP contribution in [0.2, 0.25) is 0 Å². The van der Waals surface area contributed by atoms with Gasteiger partial charge in [0.25, 0.3) is 0 Å². The van der Waals surface area contributed by atoms with Gasteiger partial charge >= 0.3 is 6.01 Å². The molecule has 2 aromatic carbocycles. The number of phenolic OH excluding ortho intramolecular Hbond substituents is 1. The predicted molar refractivity (Wildman–Crippen MR) is 157 cm³/mol. The van der Waals surface area contributed by atoms with E-state index in [9.17, 15) is 14.6 Å². The number of benzene rings is 2. The number of hydrogen-bond acceptors (Lipinski definition) is 9. The van der Waals surface area contributed by atoms with E-state index in [4.69, 9.17) is 20.9 Å². The minimum absolute atomic E-state index is 0.0205. The number of anilines is 1. The van der Waals surface area contributed by atoms with E-state index < -0.39 is 11.6 Å². The summed E-state index contributed by atoms with van der Waals surface area (Å²) in [7, 11) is 2.04. The third-order valence-electron chi connectivity index (χ3n) is 8.99. The number of aromatic nitrogens is 3. The second kappa shape index (κ2) is 10.8. The van der Waals surface area contributed by atoms with Gasteiger partial charge in [0.05, 0.1) is 11.6 Å². The van der Waals surface area contributed by atoms with Crippen molar-refractivity contribution >= 4 is 27.5 Å². The Morgan fingerprint density at radius 3 is 2.77 bits per heavy atom. The summed E-state index contributed by atoms with van der Waals surface area (Å²) in [5, 5.41) is 21.5. The fourth-order valence-electron chi connectivity index (χ4n) is 6.63. The highest BCUT2D eigenvalue weighted by molar-refractivity contribution is 6.04. The molecule has 3 atom stereocenters. The molecule has 2 aromatic heterocycles. The lowest BCUT2D eigenvalue weighted by atomic mass is 9.93. The molecular formula is C32H31F2N5O4. The first-order valence-electron chi connectivity index (χ1n) is 14.5. The molecule has 7 rings (SSSR count). The summed E-state index contributed by atoms with van der Waals surface area (Å²) < 4.78 is 44.0. The number of aliphatic hydroxyl groups excluding tert-OH is 1. The summed E-state index contributed by atoms with van der Waals surface area (Å²) in [4.78, 5) is 18.2. The second-order valence-corrected chi connectivity index (χ2v) is 11.6. The molecule has 0 spiro atoms. The van der Waals surface area contributed by atoms with Crippen LogP contribution in [0.15, 0.2) is 24.3 Å². The van der Waals surface area contributed by atoms with E-state index in [-0.39, 0.29) is 76.6 Å². The van der Waals surface area contributed by atoms with Gasteiger partial charge in [-0.15, -0.1) is 6.42 Å². The normalized spacial score (nSPS) is 21.8. The number of aromatic hydroxyl groups is 1. The molecule has 222 valence electrons. The van der Waals surface area contributed by atoms with Crippen molar-refractivity contribution in [3.05, 3.63) is 41.5 Å². The first kappa shape index (κ1) is 27.6. The van der Waals surface area contributed by atoms with Gasteiger partial charge in [-0.25, -0.2) is 13.8 Å². The minimum atomic E-state index is -0.804. The van der Waals surface area contributed by atoms with E-state index in [1.165, 1.54) is 24.3 Å². The number of aliphatic hydroxyl groups is 1. The van der Waals surface area contributed by atoms with Crippen LogP contribution >= 0.6 is 0 Å². The Bertz CT molecular complexity index is 1790. The number of ether oxygens (including phenoxy) is 2. The van der Waals surface area contributed by atoms with E-state index in [0.29, 0.717) is 29.7 Å². The predicted octanol–water partition coefficient (Wildman–Crippen LogP) is 4.25. The molecule has 0 aliphatic carbocycles. The van der Waals surface area contributed by atoms with Gasteiger partial charge in [-0.1, -0.05) is 12.0 Å².